The van der Waals surface area contributed by atoms with E-state index in [9.17, 15) is 0 Å². The van der Waals surface area contributed by atoms with Gasteiger partial charge in [-0.3, -0.25) is 0 Å². The Bertz CT molecular complexity index is 2890. The number of benzene rings is 3. The summed E-state index contributed by atoms with van der Waals surface area (Å²) in [6, 6.07) is 23.9. The molecule has 5 aliphatic rings. The van der Waals surface area contributed by atoms with Gasteiger partial charge < -0.3 is 4.42 Å². The summed E-state index contributed by atoms with van der Waals surface area (Å²) < 4.78 is 7.96. The van der Waals surface area contributed by atoms with Gasteiger partial charge in [-0.2, -0.15) is 0 Å². The van der Waals surface area contributed by atoms with Crippen molar-refractivity contribution < 1.29 is 4.42 Å². The van der Waals surface area contributed by atoms with Gasteiger partial charge in [0.2, 0.25) is 0 Å². The lowest BCUT2D eigenvalue weighted by molar-refractivity contribution is 0.545. The molecule has 4 unspecified atom stereocenters. The number of rotatable bonds is 6. The van der Waals surface area contributed by atoms with Crippen molar-refractivity contribution in [3.63, 3.8) is 0 Å². The molecule has 6 aromatic rings. The number of fused-ring (bicyclic) bond motifs is 8. The van der Waals surface area contributed by atoms with Gasteiger partial charge in [-0.25, -0.2) is 15.0 Å². The van der Waals surface area contributed by atoms with Gasteiger partial charge in [-0.15, -0.1) is 23.1 Å². The number of thiophene rings is 1. The Morgan fingerprint density at radius 2 is 1.62 bits per heavy atom. The average Bonchev–Trinajstić information content (AvgIpc) is 3.92. The van der Waals surface area contributed by atoms with Gasteiger partial charge in [0.25, 0.3) is 0 Å². The molecule has 3 aromatic carbocycles. The van der Waals surface area contributed by atoms with Crippen LogP contribution in [0.3, 0.4) is 0 Å². The van der Waals surface area contributed by atoms with Crippen LogP contribution in [0.25, 0.3) is 49.9 Å². The van der Waals surface area contributed by atoms with Crippen molar-refractivity contribution >= 4 is 73.0 Å². The first-order chi connectivity index (χ1) is 27.6. The van der Waals surface area contributed by atoms with Gasteiger partial charge in [0, 0.05) is 71.6 Å². The topological polar surface area (TPSA) is 51.8 Å². The minimum absolute atomic E-state index is 0.178. The third kappa shape index (κ3) is 5.78. The van der Waals surface area contributed by atoms with Crippen molar-refractivity contribution in [1.82, 2.24) is 15.0 Å². The molecule has 0 amide bonds. The predicted octanol–water partition coefficient (Wildman–Crippen LogP) is 12.8. The van der Waals surface area contributed by atoms with Gasteiger partial charge in [0.1, 0.15) is 11.3 Å². The van der Waals surface area contributed by atoms with Crippen LogP contribution in [0.15, 0.2) is 155 Å². The number of furan rings is 1. The van der Waals surface area contributed by atoms with Crippen molar-refractivity contribution in [3.8, 4) is 0 Å². The molecule has 0 spiro atoms. The van der Waals surface area contributed by atoms with E-state index < -0.39 is 0 Å². The molecule has 0 saturated heterocycles. The highest BCUT2D eigenvalue weighted by Crippen LogP contribution is 2.53. The van der Waals surface area contributed by atoms with Gasteiger partial charge >= 0.3 is 0 Å². The molecule has 4 aliphatic carbocycles. The van der Waals surface area contributed by atoms with Gasteiger partial charge in [-0.1, -0.05) is 128 Å². The van der Waals surface area contributed by atoms with E-state index >= 15 is 0 Å². The van der Waals surface area contributed by atoms with Crippen molar-refractivity contribution in [2.75, 3.05) is 0 Å². The number of nitrogens with zero attached hydrogens (tertiary/aromatic N) is 3. The Balaban J connectivity index is 0.966. The van der Waals surface area contributed by atoms with E-state index in [1.54, 1.807) is 0 Å². The number of aromatic nitrogens is 3. The fourth-order valence-corrected chi connectivity index (χ4v) is 11.3. The highest BCUT2D eigenvalue weighted by atomic mass is 32.2. The number of allylic oxidation sites excluding steroid dienone is 14. The molecule has 6 heteroatoms. The van der Waals surface area contributed by atoms with Crippen LogP contribution >= 0.6 is 23.1 Å². The van der Waals surface area contributed by atoms with Crippen LogP contribution in [0, 0.1) is 18.8 Å². The minimum atomic E-state index is 0.178. The minimum Gasteiger partial charge on any atom is -0.460 e. The largest absolute Gasteiger partial charge is 0.460 e. The predicted molar refractivity (Wildman–Crippen MR) is 234 cm³/mol. The quantitative estimate of drug-likeness (QED) is 0.158. The third-order valence-electron chi connectivity index (χ3n) is 11.5. The van der Waals surface area contributed by atoms with Crippen LogP contribution in [-0.2, 0) is 6.42 Å². The highest BCUT2D eigenvalue weighted by molar-refractivity contribution is 8.00. The number of aryl methyl sites for hydroxylation is 2. The molecule has 270 valence electrons. The van der Waals surface area contributed by atoms with Crippen molar-refractivity contribution in [3.05, 3.63) is 196 Å². The van der Waals surface area contributed by atoms with Crippen LogP contribution in [0.2, 0.25) is 0 Å². The zero-order valence-corrected chi connectivity index (χ0v) is 32.4. The molecule has 0 radical (unpaired) electrons. The van der Waals surface area contributed by atoms with E-state index in [1.807, 2.05) is 23.1 Å². The molecule has 3 aromatic heterocycles. The summed E-state index contributed by atoms with van der Waals surface area (Å²) in [5, 5.41) is 2.72. The maximum Gasteiger partial charge on any atom is 0.164 e. The first-order valence-electron chi connectivity index (χ1n) is 19.4. The summed E-state index contributed by atoms with van der Waals surface area (Å²) in [5.41, 5.74) is 8.93. The van der Waals surface area contributed by atoms with Gasteiger partial charge in [0.15, 0.2) is 17.5 Å². The fourth-order valence-electron chi connectivity index (χ4n) is 8.75. The standard InChI is InChI=1S/C50H37N3OS2/c1-30-35-15-5-8-21-43(35)55-42(30)20-7-2-12-31-24-27-36-41(28-31)54-40-19-10-17-38(46(36)40)49-51-48(34-26-25-32-13-3-4-14-33(32)29-34)52-50(53-49)39-18-11-23-45-47(39)37-16-6-9-22-44(37)56-45/h2-9,11-18,20-29,32-33,45,47H,10,19H2,1H3/b12-2+,20-7-. The number of hydrogen-bond donors (Lipinski definition) is 0. The third-order valence-corrected chi connectivity index (χ3v) is 14.1. The monoisotopic (exact) mass is 759 g/mol. The summed E-state index contributed by atoms with van der Waals surface area (Å²) >= 11 is 3.76. The summed E-state index contributed by atoms with van der Waals surface area (Å²) in [7, 11) is 0. The molecule has 0 fully saturated rings. The molecule has 56 heavy (non-hydrogen) atoms. The van der Waals surface area contributed by atoms with Crippen molar-refractivity contribution in [2.45, 2.75) is 35.8 Å². The lowest BCUT2D eigenvalue weighted by atomic mass is 9.82. The molecule has 4 nitrogen and oxygen atoms in total. The van der Waals surface area contributed by atoms with Gasteiger partial charge in [-0.05, 0) is 65.8 Å². The first kappa shape index (κ1) is 33.5. The average molecular weight is 760 g/mol. The van der Waals surface area contributed by atoms with Gasteiger partial charge in [0.05, 0.1) is 0 Å². The smallest absolute Gasteiger partial charge is 0.164 e. The van der Waals surface area contributed by atoms with E-state index in [2.05, 4.69) is 165 Å². The Hall–Kier alpha value is -5.82. The number of hydrogen-bond acceptors (Lipinski definition) is 6. The second kappa shape index (κ2) is 13.7. The maximum absolute atomic E-state index is 6.63. The SMILES string of the molecule is Cc1c(/C=C\C=C\c2ccc3c4c(oc3c2)CCC=C4c2nc(C3=CC4C=CC=CC4C=C3)nc(C3=CC=CC4Sc5ccccc5C34)n2)sc2ccccc12. The molecule has 0 saturated carbocycles. The second-order valence-electron chi connectivity index (χ2n) is 14.9. The van der Waals surface area contributed by atoms with Crippen LogP contribution < -0.4 is 0 Å². The van der Waals surface area contributed by atoms with Crippen LogP contribution in [0.4, 0.5) is 0 Å². The lowest BCUT2D eigenvalue weighted by Gasteiger charge is -2.25. The van der Waals surface area contributed by atoms with Crippen LogP contribution in [0.1, 0.15) is 62.7 Å². The maximum atomic E-state index is 6.63. The lowest BCUT2D eigenvalue weighted by Crippen LogP contribution is -2.17. The molecule has 1 aliphatic heterocycles. The molecule has 0 N–H and O–H groups in total. The first-order valence-corrected chi connectivity index (χ1v) is 21.1. The number of thioether (sulfide) groups is 1. The second-order valence-corrected chi connectivity index (χ2v) is 17.2. The van der Waals surface area contributed by atoms with E-state index in [1.165, 1.54) is 31.0 Å². The Kier molecular flexibility index (Phi) is 8.22. The molecule has 4 heterocycles. The van der Waals surface area contributed by atoms with Crippen molar-refractivity contribution in [1.29, 1.82) is 0 Å². The molecular weight excluding hydrogens is 723 g/mol. The highest BCUT2D eigenvalue weighted by Gasteiger charge is 2.38. The van der Waals surface area contributed by atoms with E-state index in [4.69, 9.17) is 19.4 Å². The summed E-state index contributed by atoms with van der Waals surface area (Å²) in [5.74, 6) is 3.94. The molecular formula is C50H37N3OS2. The van der Waals surface area contributed by atoms with E-state index in [0.29, 0.717) is 22.8 Å². The van der Waals surface area contributed by atoms with E-state index in [0.717, 1.165) is 63.2 Å². The fraction of sp³-hybridized carbons (Fsp3) is 0.140. The summed E-state index contributed by atoms with van der Waals surface area (Å²) in [6.07, 6.45) is 34.9. The Morgan fingerprint density at radius 1 is 0.786 bits per heavy atom. The molecule has 11 rings (SSSR count). The normalized spacial score (nSPS) is 22.1. The summed E-state index contributed by atoms with van der Waals surface area (Å²) in [4.78, 5) is 18.5. The van der Waals surface area contributed by atoms with Crippen LogP contribution in [-0.4, -0.2) is 20.2 Å². The summed E-state index contributed by atoms with van der Waals surface area (Å²) in [6.45, 7) is 2.20. The van der Waals surface area contributed by atoms with Crippen molar-refractivity contribution in [2.24, 2.45) is 11.8 Å². The van der Waals surface area contributed by atoms with Crippen LogP contribution in [0.5, 0.6) is 0 Å². The Labute approximate surface area is 334 Å². The molecule has 0 bridgehead atoms. The zero-order chi connectivity index (χ0) is 37.2. The zero-order valence-electron chi connectivity index (χ0n) is 30.8. The van der Waals surface area contributed by atoms with E-state index in [-0.39, 0.29) is 11.8 Å². The molecule has 4 atom stereocenters. The Morgan fingerprint density at radius 3 is 2.57 bits per heavy atom.